The second kappa shape index (κ2) is 5.91. The highest BCUT2D eigenvalue weighted by Gasteiger charge is 2.35. The van der Waals surface area contributed by atoms with Gasteiger partial charge in [0, 0.05) is 13.0 Å². The molecule has 2 heterocycles. The Balaban J connectivity index is 1.69. The molecule has 1 saturated carbocycles. The van der Waals surface area contributed by atoms with Crippen molar-refractivity contribution in [3.8, 4) is 0 Å². The minimum atomic E-state index is -0.756. The molecule has 2 fully saturated rings. The maximum Gasteiger partial charge on any atom is 0.307 e. The van der Waals surface area contributed by atoms with E-state index in [1.807, 2.05) is 0 Å². The second-order valence-corrected chi connectivity index (χ2v) is 5.72. The Labute approximate surface area is 117 Å². The average Bonchev–Trinajstić information content (AvgIpc) is 3.11. The zero-order chi connectivity index (χ0) is 13.9. The van der Waals surface area contributed by atoms with Gasteiger partial charge in [0.25, 0.3) is 0 Å². The van der Waals surface area contributed by atoms with Crippen LogP contribution in [-0.2, 0) is 16.0 Å². The quantitative estimate of drug-likeness (QED) is 0.909. The van der Waals surface area contributed by atoms with E-state index in [1.165, 1.54) is 0 Å². The van der Waals surface area contributed by atoms with Crippen LogP contribution in [0.1, 0.15) is 56.2 Å². The third-order valence-corrected chi connectivity index (χ3v) is 4.32. The Morgan fingerprint density at radius 1 is 1.25 bits per heavy atom. The molecule has 2 aliphatic rings. The molecule has 3 atom stereocenters. The van der Waals surface area contributed by atoms with Crippen LogP contribution in [0, 0.1) is 5.92 Å². The van der Waals surface area contributed by atoms with Crippen molar-refractivity contribution in [3.05, 3.63) is 11.7 Å². The molecule has 1 N–H and O–H groups in total. The van der Waals surface area contributed by atoms with E-state index < -0.39 is 5.97 Å². The zero-order valence-electron chi connectivity index (χ0n) is 11.5. The van der Waals surface area contributed by atoms with Crippen LogP contribution in [0.5, 0.6) is 0 Å². The molecule has 3 unspecified atom stereocenters. The Bertz CT molecular complexity index is 467. The summed E-state index contributed by atoms with van der Waals surface area (Å²) in [6.07, 6.45) is 6.46. The van der Waals surface area contributed by atoms with Crippen LogP contribution in [-0.4, -0.2) is 33.9 Å². The van der Waals surface area contributed by atoms with E-state index in [4.69, 9.17) is 9.26 Å². The first kappa shape index (κ1) is 13.5. The minimum absolute atomic E-state index is 0.132. The lowest BCUT2D eigenvalue weighted by Crippen LogP contribution is -2.25. The number of nitrogens with zero attached hydrogens (tertiary/aromatic N) is 2. The van der Waals surface area contributed by atoms with Gasteiger partial charge in [-0.2, -0.15) is 4.98 Å². The molecule has 1 saturated heterocycles. The summed E-state index contributed by atoms with van der Waals surface area (Å²) in [7, 11) is 0. The Morgan fingerprint density at radius 2 is 2.10 bits per heavy atom. The summed E-state index contributed by atoms with van der Waals surface area (Å²) in [6, 6.07) is 0. The molecule has 1 aromatic rings. The molecule has 0 amide bonds. The maximum absolute atomic E-state index is 11.3. The fourth-order valence-electron chi connectivity index (χ4n) is 3.23. The molecular weight excluding hydrogens is 260 g/mol. The summed E-state index contributed by atoms with van der Waals surface area (Å²) in [4.78, 5) is 15.7. The van der Waals surface area contributed by atoms with Crippen molar-refractivity contribution in [2.45, 2.75) is 57.0 Å². The lowest BCUT2D eigenvalue weighted by Gasteiger charge is -2.25. The van der Waals surface area contributed by atoms with Crippen LogP contribution in [0.15, 0.2) is 4.52 Å². The van der Waals surface area contributed by atoms with Crippen molar-refractivity contribution in [2.24, 2.45) is 5.92 Å². The molecule has 0 aromatic carbocycles. The van der Waals surface area contributed by atoms with Crippen LogP contribution < -0.4 is 0 Å². The van der Waals surface area contributed by atoms with Crippen molar-refractivity contribution >= 4 is 5.97 Å². The minimum Gasteiger partial charge on any atom is -0.481 e. The summed E-state index contributed by atoms with van der Waals surface area (Å²) in [6.45, 7) is 0.805. The topological polar surface area (TPSA) is 85.5 Å². The van der Waals surface area contributed by atoms with E-state index >= 15 is 0 Å². The molecule has 1 aliphatic carbocycles. The Morgan fingerprint density at radius 3 is 2.85 bits per heavy atom. The van der Waals surface area contributed by atoms with E-state index in [2.05, 4.69) is 10.1 Å². The summed E-state index contributed by atoms with van der Waals surface area (Å²) in [5.74, 6) is -0.146. The van der Waals surface area contributed by atoms with Gasteiger partial charge in [0.2, 0.25) is 5.89 Å². The van der Waals surface area contributed by atoms with E-state index in [0.717, 1.165) is 38.7 Å². The van der Waals surface area contributed by atoms with E-state index in [0.29, 0.717) is 24.6 Å². The molecule has 6 nitrogen and oxygen atoms in total. The second-order valence-electron chi connectivity index (χ2n) is 5.72. The molecule has 0 spiro atoms. The van der Waals surface area contributed by atoms with Gasteiger partial charge in [0.15, 0.2) is 5.82 Å². The molecule has 6 heteroatoms. The van der Waals surface area contributed by atoms with Crippen molar-refractivity contribution in [1.29, 1.82) is 0 Å². The van der Waals surface area contributed by atoms with Crippen LogP contribution in [0.3, 0.4) is 0 Å². The Kier molecular flexibility index (Phi) is 4.00. The largest absolute Gasteiger partial charge is 0.481 e. The van der Waals surface area contributed by atoms with Gasteiger partial charge in [-0.15, -0.1) is 0 Å². The van der Waals surface area contributed by atoms with Gasteiger partial charge in [0.05, 0.1) is 17.9 Å². The van der Waals surface area contributed by atoms with Gasteiger partial charge in [-0.25, -0.2) is 0 Å². The average molecular weight is 280 g/mol. The smallest absolute Gasteiger partial charge is 0.307 e. The van der Waals surface area contributed by atoms with Crippen LogP contribution in [0.4, 0.5) is 0 Å². The number of hydrogen-bond donors (Lipinski definition) is 1. The summed E-state index contributed by atoms with van der Waals surface area (Å²) < 4.78 is 10.9. The molecule has 3 rings (SSSR count). The predicted octanol–water partition coefficient (Wildman–Crippen LogP) is 2.15. The van der Waals surface area contributed by atoms with E-state index in [-0.39, 0.29) is 17.9 Å². The molecule has 110 valence electrons. The maximum atomic E-state index is 11.3. The monoisotopic (exact) mass is 280 g/mol. The highest BCUT2D eigenvalue weighted by atomic mass is 16.5. The van der Waals surface area contributed by atoms with E-state index in [9.17, 15) is 9.90 Å². The molecule has 1 aromatic heterocycles. The standard InChI is InChI=1S/C14H20N2O4/c17-14(18)11-6-2-1-5-10(11)13-15-12(16-20-13)8-9-4-3-7-19-9/h9-11H,1-8H2,(H,17,18). The first-order chi connectivity index (χ1) is 9.74. The first-order valence-corrected chi connectivity index (χ1v) is 7.41. The van der Waals surface area contributed by atoms with Crippen molar-refractivity contribution in [1.82, 2.24) is 10.1 Å². The Hall–Kier alpha value is -1.43. The third-order valence-electron chi connectivity index (χ3n) is 4.32. The number of rotatable bonds is 4. The predicted molar refractivity (Wildman–Crippen MR) is 69.3 cm³/mol. The SMILES string of the molecule is O=C(O)C1CCCCC1c1nc(CC2CCCO2)no1. The lowest BCUT2D eigenvalue weighted by atomic mass is 9.79. The van der Waals surface area contributed by atoms with E-state index in [1.54, 1.807) is 0 Å². The van der Waals surface area contributed by atoms with Gasteiger partial charge in [-0.3, -0.25) is 4.79 Å². The van der Waals surface area contributed by atoms with Crippen molar-refractivity contribution in [3.63, 3.8) is 0 Å². The fraction of sp³-hybridized carbons (Fsp3) is 0.786. The summed E-state index contributed by atoms with van der Waals surface area (Å²) in [5, 5.41) is 13.3. The molecule has 0 bridgehead atoms. The summed E-state index contributed by atoms with van der Waals surface area (Å²) >= 11 is 0. The number of aromatic nitrogens is 2. The number of carbonyl (C=O) groups is 1. The molecule has 0 radical (unpaired) electrons. The third kappa shape index (κ3) is 2.85. The van der Waals surface area contributed by atoms with Gasteiger partial charge in [-0.1, -0.05) is 18.0 Å². The fourth-order valence-corrected chi connectivity index (χ4v) is 3.23. The van der Waals surface area contributed by atoms with Gasteiger partial charge >= 0.3 is 5.97 Å². The highest BCUT2D eigenvalue weighted by molar-refractivity contribution is 5.71. The summed E-state index contributed by atoms with van der Waals surface area (Å²) in [5.41, 5.74) is 0. The molecule has 20 heavy (non-hydrogen) atoms. The number of hydrogen-bond acceptors (Lipinski definition) is 5. The molecule has 1 aliphatic heterocycles. The first-order valence-electron chi connectivity index (χ1n) is 7.41. The molecular formula is C14H20N2O4. The highest BCUT2D eigenvalue weighted by Crippen LogP contribution is 2.37. The van der Waals surface area contributed by atoms with Gasteiger partial charge in [0.1, 0.15) is 0 Å². The van der Waals surface area contributed by atoms with Crippen LogP contribution in [0.2, 0.25) is 0 Å². The van der Waals surface area contributed by atoms with Crippen LogP contribution >= 0.6 is 0 Å². The van der Waals surface area contributed by atoms with Crippen LogP contribution in [0.25, 0.3) is 0 Å². The number of carboxylic acid groups (broad SMARTS) is 1. The van der Waals surface area contributed by atoms with Gasteiger partial charge < -0.3 is 14.4 Å². The zero-order valence-corrected chi connectivity index (χ0v) is 11.5. The number of aliphatic carboxylic acids is 1. The normalized spacial score (nSPS) is 30.5. The number of carboxylic acids is 1. The lowest BCUT2D eigenvalue weighted by molar-refractivity contribution is -0.143. The van der Waals surface area contributed by atoms with Crippen molar-refractivity contribution in [2.75, 3.05) is 6.61 Å². The van der Waals surface area contributed by atoms with Gasteiger partial charge in [-0.05, 0) is 25.7 Å². The number of ether oxygens (including phenoxy) is 1. The van der Waals surface area contributed by atoms with Crippen molar-refractivity contribution < 1.29 is 19.2 Å².